The molecular formula is C14H25N. The third kappa shape index (κ3) is 2.08. The zero-order valence-electron chi connectivity index (χ0n) is 10.0. The topological polar surface area (TPSA) is 12.0 Å². The average molecular weight is 207 g/mol. The summed E-state index contributed by atoms with van der Waals surface area (Å²) in [7, 11) is 0. The summed E-state index contributed by atoms with van der Waals surface area (Å²) in [4.78, 5) is 0. The Kier molecular flexibility index (Phi) is 2.76. The fourth-order valence-corrected chi connectivity index (χ4v) is 4.32. The number of hydrogen-bond acceptors (Lipinski definition) is 1. The van der Waals surface area contributed by atoms with Gasteiger partial charge in [0.25, 0.3) is 0 Å². The molecule has 0 heterocycles. The second kappa shape index (κ2) is 4.08. The van der Waals surface area contributed by atoms with Gasteiger partial charge in [0.05, 0.1) is 0 Å². The predicted octanol–water partition coefficient (Wildman–Crippen LogP) is 3.20. The maximum Gasteiger partial charge on any atom is 0.00981 e. The van der Waals surface area contributed by atoms with Crippen molar-refractivity contribution in [3.05, 3.63) is 0 Å². The monoisotopic (exact) mass is 207 g/mol. The first kappa shape index (κ1) is 10.1. The van der Waals surface area contributed by atoms with Gasteiger partial charge in [0.2, 0.25) is 0 Å². The zero-order valence-corrected chi connectivity index (χ0v) is 10.0. The second-order valence-electron chi connectivity index (χ2n) is 6.47. The molecule has 3 saturated carbocycles. The lowest BCUT2D eigenvalue weighted by atomic mass is 9.94. The quantitative estimate of drug-likeness (QED) is 0.749. The molecule has 0 aliphatic heterocycles. The van der Waals surface area contributed by atoms with Gasteiger partial charge in [-0.25, -0.2) is 0 Å². The summed E-state index contributed by atoms with van der Waals surface area (Å²) >= 11 is 0. The van der Waals surface area contributed by atoms with Crippen molar-refractivity contribution >= 4 is 0 Å². The summed E-state index contributed by atoms with van der Waals surface area (Å²) in [6.07, 6.45) is 10.5. The first-order valence-corrected chi connectivity index (χ1v) is 7.04. The predicted molar refractivity (Wildman–Crippen MR) is 63.7 cm³/mol. The number of rotatable bonds is 3. The summed E-state index contributed by atoms with van der Waals surface area (Å²) in [5.41, 5.74) is 0. The Labute approximate surface area is 94.0 Å². The Morgan fingerprint density at radius 2 is 1.93 bits per heavy atom. The molecular weight excluding hydrogens is 182 g/mol. The third-order valence-corrected chi connectivity index (χ3v) is 5.21. The van der Waals surface area contributed by atoms with E-state index < -0.39 is 0 Å². The van der Waals surface area contributed by atoms with E-state index in [1.165, 1.54) is 45.1 Å². The minimum Gasteiger partial charge on any atom is -0.313 e. The molecule has 0 aromatic heterocycles. The zero-order chi connectivity index (χ0) is 10.3. The molecule has 2 bridgehead atoms. The molecule has 1 N–H and O–H groups in total. The Bertz CT molecular complexity index is 225. The Hall–Kier alpha value is -0.0400. The molecule has 0 spiro atoms. The lowest BCUT2D eigenvalue weighted by molar-refractivity contribution is 0.327. The molecule has 1 heteroatoms. The third-order valence-electron chi connectivity index (χ3n) is 5.21. The number of fused-ring (bicyclic) bond motifs is 2. The molecule has 3 aliphatic carbocycles. The van der Waals surface area contributed by atoms with Crippen LogP contribution in [-0.2, 0) is 0 Å². The van der Waals surface area contributed by atoms with Crippen molar-refractivity contribution in [3.8, 4) is 0 Å². The first-order valence-electron chi connectivity index (χ1n) is 7.04. The molecule has 5 unspecified atom stereocenters. The van der Waals surface area contributed by atoms with Crippen LogP contribution in [-0.4, -0.2) is 12.6 Å². The van der Waals surface area contributed by atoms with E-state index in [-0.39, 0.29) is 0 Å². The highest BCUT2D eigenvalue weighted by Crippen LogP contribution is 2.44. The molecule has 0 aromatic carbocycles. The second-order valence-corrected chi connectivity index (χ2v) is 6.47. The van der Waals surface area contributed by atoms with E-state index in [4.69, 9.17) is 0 Å². The van der Waals surface area contributed by atoms with Crippen molar-refractivity contribution < 1.29 is 0 Å². The van der Waals surface area contributed by atoms with Gasteiger partial charge in [-0.3, -0.25) is 0 Å². The molecule has 15 heavy (non-hydrogen) atoms. The van der Waals surface area contributed by atoms with Crippen LogP contribution >= 0.6 is 0 Å². The van der Waals surface area contributed by atoms with Gasteiger partial charge in [0, 0.05) is 6.04 Å². The van der Waals surface area contributed by atoms with Crippen LogP contribution in [0.1, 0.15) is 51.9 Å². The molecule has 0 saturated heterocycles. The van der Waals surface area contributed by atoms with Crippen LogP contribution in [0.4, 0.5) is 0 Å². The largest absolute Gasteiger partial charge is 0.313 e. The lowest BCUT2D eigenvalue weighted by Crippen LogP contribution is -2.36. The maximum atomic E-state index is 3.88. The highest BCUT2D eigenvalue weighted by atomic mass is 14.9. The molecule has 5 atom stereocenters. The summed E-state index contributed by atoms with van der Waals surface area (Å²) < 4.78 is 0. The minimum absolute atomic E-state index is 0.902. The van der Waals surface area contributed by atoms with Gasteiger partial charge in [-0.15, -0.1) is 0 Å². The van der Waals surface area contributed by atoms with Crippen molar-refractivity contribution in [3.63, 3.8) is 0 Å². The van der Waals surface area contributed by atoms with Gasteiger partial charge in [-0.2, -0.15) is 0 Å². The summed E-state index contributed by atoms with van der Waals surface area (Å²) in [6, 6.07) is 0.902. The molecule has 0 amide bonds. The van der Waals surface area contributed by atoms with E-state index in [1.54, 1.807) is 6.42 Å². The lowest BCUT2D eigenvalue weighted by Gasteiger charge is -2.24. The van der Waals surface area contributed by atoms with Crippen LogP contribution in [0.2, 0.25) is 0 Å². The summed E-state index contributed by atoms with van der Waals surface area (Å²) in [5.74, 6) is 4.14. The Morgan fingerprint density at radius 1 is 1.00 bits per heavy atom. The highest BCUT2D eigenvalue weighted by Gasteiger charge is 2.39. The van der Waals surface area contributed by atoms with E-state index >= 15 is 0 Å². The van der Waals surface area contributed by atoms with Crippen molar-refractivity contribution in [1.29, 1.82) is 0 Å². The van der Waals surface area contributed by atoms with Crippen LogP contribution in [0.15, 0.2) is 0 Å². The minimum atomic E-state index is 0.902. The van der Waals surface area contributed by atoms with Crippen LogP contribution in [0.25, 0.3) is 0 Å². The van der Waals surface area contributed by atoms with Crippen molar-refractivity contribution in [2.75, 3.05) is 6.54 Å². The Morgan fingerprint density at radius 3 is 2.53 bits per heavy atom. The van der Waals surface area contributed by atoms with Gasteiger partial charge in [-0.05, 0) is 62.3 Å². The number of hydrogen-bond donors (Lipinski definition) is 1. The Balaban J connectivity index is 1.43. The molecule has 3 fully saturated rings. The summed E-state index contributed by atoms with van der Waals surface area (Å²) in [6.45, 7) is 3.73. The van der Waals surface area contributed by atoms with Gasteiger partial charge in [-0.1, -0.05) is 19.8 Å². The molecule has 0 radical (unpaired) electrons. The van der Waals surface area contributed by atoms with E-state index in [0.717, 1.165) is 29.7 Å². The number of nitrogens with one attached hydrogen (secondary N) is 1. The normalized spacial score (nSPS) is 49.0. The molecule has 3 rings (SSSR count). The van der Waals surface area contributed by atoms with E-state index in [9.17, 15) is 0 Å². The van der Waals surface area contributed by atoms with Crippen LogP contribution in [0, 0.1) is 23.7 Å². The maximum absolute atomic E-state index is 3.88. The van der Waals surface area contributed by atoms with Crippen molar-refractivity contribution in [1.82, 2.24) is 5.32 Å². The van der Waals surface area contributed by atoms with E-state index in [2.05, 4.69) is 12.2 Å². The standard InChI is InChI=1S/C14H25N/c1-10-2-3-12(6-10)9-15-14-8-11-4-5-13(14)7-11/h10-15H,2-9H2,1H3. The van der Waals surface area contributed by atoms with E-state index in [1.807, 2.05) is 0 Å². The first-order chi connectivity index (χ1) is 7.31. The smallest absolute Gasteiger partial charge is 0.00981 e. The van der Waals surface area contributed by atoms with Gasteiger partial charge >= 0.3 is 0 Å². The van der Waals surface area contributed by atoms with Gasteiger partial charge < -0.3 is 5.32 Å². The van der Waals surface area contributed by atoms with Crippen LogP contribution in [0.3, 0.4) is 0 Å². The highest BCUT2D eigenvalue weighted by molar-refractivity contribution is 4.94. The van der Waals surface area contributed by atoms with Crippen molar-refractivity contribution in [2.24, 2.45) is 23.7 Å². The average Bonchev–Trinajstić information content (AvgIpc) is 2.90. The van der Waals surface area contributed by atoms with Crippen molar-refractivity contribution in [2.45, 2.75) is 57.9 Å². The van der Waals surface area contributed by atoms with Gasteiger partial charge in [0.1, 0.15) is 0 Å². The molecule has 1 nitrogen and oxygen atoms in total. The molecule has 86 valence electrons. The van der Waals surface area contributed by atoms with Gasteiger partial charge in [0.15, 0.2) is 0 Å². The molecule has 3 aliphatic rings. The fraction of sp³-hybridized carbons (Fsp3) is 1.00. The van der Waals surface area contributed by atoms with Crippen LogP contribution in [0.5, 0.6) is 0 Å². The summed E-state index contributed by atoms with van der Waals surface area (Å²) in [5, 5.41) is 3.88. The SMILES string of the molecule is CC1CCC(CNC2CC3CCC2C3)C1. The molecule has 0 aromatic rings. The fourth-order valence-electron chi connectivity index (χ4n) is 4.32. The van der Waals surface area contributed by atoms with Crippen LogP contribution < -0.4 is 5.32 Å². The van der Waals surface area contributed by atoms with E-state index in [0.29, 0.717) is 0 Å².